The number of ether oxygens (including phenoxy) is 2. The molecule has 0 rings (SSSR count). The number of esters is 1. The fourth-order valence-electron chi connectivity index (χ4n) is 2.21. The van der Waals surface area contributed by atoms with E-state index in [-0.39, 0.29) is 18.7 Å². The minimum absolute atomic E-state index is 0.120. The van der Waals surface area contributed by atoms with Gasteiger partial charge in [-0.3, -0.25) is 9.59 Å². The first-order valence-electron chi connectivity index (χ1n) is 10.0. The molecule has 4 N–H and O–H groups in total. The Balaban J connectivity index is 3.65. The normalized spacial score (nSPS) is 12.8. The van der Waals surface area contributed by atoms with E-state index in [0.29, 0.717) is 13.1 Å². The van der Waals surface area contributed by atoms with Crippen LogP contribution in [0.1, 0.15) is 80.1 Å². The summed E-state index contributed by atoms with van der Waals surface area (Å²) >= 11 is 0. The van der Waals surface area contributed by atoms with Gasteiger partial charge in [0.15, 0.2) is 0 Å². The molecule has 0 fully saturated rings. The maximum absolute atomic E-state index is 11.8. The smallest absolute Gasteiger partial charge is 0.407 e. The molecule has 8 heteroatoms. The fourth-order valence-corrected chi connectivity index (χ4v) is 2.21. The van der Waals surface area contributed by atoms with Crippen molar-refractivity contribution >= 4 is 18.0 Å². The predicted octanol–water partition coefficient (Wildman–Crippen LogP) is 2.64. The van der Waals surface area contributed by atoms with E-state index in [1.165, 1.54) is 0 Å². The van der Waals surface area contributed by atoms with E-state index in [1.54, 1.807) is 20.8 Å². The second kappa shape index (κ2) is 12.6. The molecule has 0 aromatic rings. The zero-order valence-corrected chi connectivity index (χ0v) is 18.4. The Hall–Kier alpha value is -1.83. The monoisotopic (exact) mass is 401 g/mol. The van der Waals surface area contributed by atoms with E-state index in [0.717, 1.165) is 25.7 Å². The molecule has 0 heterocycles. The second-order valence-corrected chi connectivity index (χ2v) is 8.87. The Labute approximate surface area is 169 Å². The average Bonchev–Trinajstić information content (AvgIpc) is 2.51. The van der Waals surface area contributed by atoms with E-state index in [1.807, 2.05) is 20.8 Å². The number of hydrogen-bond acceptors (Lipinski definition) is 6. The van der Waals surface area contributed by atoms with Crippen LogP contribution in [0.5, 0.6) is 0 Å². The first kappa shape index (κ1) is 26.2. The SMILES string of the molecule is CC(C)(C)OC(=O)NCCCCCCNC(=O)CC[C@H](N)C(=O)OC(C)(C)C. The zero-order valence-electron chi connectivity index (χ0n) is 18.4. The highest BCUT2D eigenvalue weighted by molar-refractivity contribution is 5.79. The number of unbranched alkanes of at least 4 members (excludes halogenated alkanes) is 3. The standard InChI is InChI=1S/C20H39N3O5/c1-19(2,3)27-17(25)15(21)11-12-16(24)22-13-9-7-8-10-14-23-18(26)28-20(4,5)6/h15H,7-14,21H2,1-6H3,(H,22,24)(H,23,26)/t15-/m0/s1. The van der Waals surface area contributed by atoms with E-state index >= 15 is 0 Å². The van der Waals surface area contributed by atoms with Gasteiger partial charge in [0.25, 0.3) is 0 Å². The molecule has 0 spiro atoms. The summed E-state index contributed by atoms with van der Waals surface area (Å²) in [6.07, 6.45) is 3.68. The third-order valence-corrected chi connectivity index (χ3v) is 3.49. The minimum atomic E-state index is -0.789. The molecular weight excluding hydrogens is 362 g/mol. The summed E-state index contributed by atoms with van der Waals surface area (Å²) in [6, 6.07) is -0.789. The summed E-state index contributed by atoms with van der Waals surface area (Å²) in [7, 11) is 0. The van der Waals surface area contributed by atoms with Crippen molar-refractivity contribution in [1.29, 1.82) is 0 Å². The van der Waals surface area contributed by atoms with Crippen molar-refractivity contribution in [3.8, 4) is 0 Å². The van der Waals surface area contributed by atoms with Gasteiger partial charge in [0.2, 0.25) is 5.91 Å². The molecule has 8 nitrogen and oxygen atoms in total. The topological polar surface area (TPSA) is 120 Å². The van der Waals surface area contributed by atoms with Crippen LogP contribution in [-0.2, 0) is 19.1 Å². The number of amides is 2. The lowest BCUT2D eigenvalue weighted by Crippen LogP contribution is -2.38. The van der Waals surface area contributed by atoms with Gasteiger partial charge in [-0.15, -0.1) is 0 Å². The first-order chi connectivity index (χ1) is 12.8. The van der Waals surface area contributed by atoms with Gasteiger partial charge in [-0.25, -0.2) is 4.79 Å². The van der Waals surface area contributed by atoms with Crippen LogP contribution in [-0.4, -0.2) is 48.3 Å². The number of carbonyl (C=O) groups excluding carboxylic acids is 3. The van der Waals surface area contributed by atoms with E-state index < -0.39 is 29.3 Å². The highest BCUT2D eigenvalue weighted by Crippen LogP contribution is 2.10. The third kappa shape index (κ3) is 16.4. The lowest BCUT2D eigenvalue weighted by molar-refractivity contribution is -0.156. The van der Waals surface area contributed by atoms with Gasteiger partial charge in [-0.2, -0.15) is 0 Å². The largest absolute Gasteiger partial charge is 0.459 e. The van der Waals surface area contributed by atoms with Crippen LogP contribution in [0.4, 0.5) is 4.79 Å². The van der Waals surface area contributed by atoms with Gasteiger partial charge < -0.3 is 25.8 Å². The van der Waals surface area contributed by atoms with E-state index in [2.05, 4.69) is 10.6 Å². The molecule has 0 aliphatic rings. The molecule has 0 aromatic carbocycles. The van der Waals surface area contributed by atoms with Crippen LogP contribution in [0.15, 0.2) is 0 Å². The summed E-state index contributed by atoms with van der Waals surface area (Å²) in [5.41, 5.74) is 4.69. The number of hydrogen-bond donors (Lipinski definition) is 3. The Bertz CT molecular complexity index is 495. The Morgan fingerprint density at radius 3 is 1.82 bits per heavy atom. The van der Waals surface area contributed by atoms with Crippen molar-refractivity contribution in [3.63, 3.8) is 0 Å². The molecule has 0 aromatic heterocycles. The van der Waals surface area contributed by atoms with Gasteiger partial charge in [-0.1, -0.05) is 12.8 Å². The second-order valence-electron chi connectivity index (χ2n) is 8.87. The predicted molar refractivity (Wildman–Crippen MR) is 109 cm³/mol. The number of carbonyl (C=O) groups is 3. The van der Waals surface area contributed by atoms with Crippen molar-refractivity contribution < 1.29 is 23.9 Å². The van der Waals surface area contributed by atoms with Crippen LogP contribution in [0.3, 0.4) is 0 Å². The summed E-state index contributed by atoms with van der Waals surface area (Å²) < 4.78 is 10.3. The molecule has 164 valence electrons. The number of alkyl carbamates (subject to hydrolysis) is 1. The van der Waals surface area contributed by atoms with Crippen molar-refractivity contribution in [1.82, 2.24) is 10.6 Å². The molecule has 0 aliphatic heterocycles. The Kier molecular flexibility index (Phi) is 11.8. The molecule has 0 radical (unpaired) electrons. The highest BCUT2D eigenvalue weighted by atomic mass is 16.6. The minimum Gasteiger partial charge on any atom is -0.459 e. The van der Waals surface area contributed by atoms with Gasteiger partial charge in [0, 0.05) is 19.5 Å². The maximum Gasteiger partial charge on any atom is 0.407 e. The van der Waals surface area contributed by atoms with Crippen molar-refractivity contribution in [2.75, 3.05) is 13.1 Å². The molecule has 0 aliphatic carbocycles. The van der Waals surface area contributed by atoms with E-state index in [4.69, 9.17) is 15.2 Å². The van der Waals surface area contributed by atoms with Gasteiger partial charge >= 0.3 is 12.1 Å². The molecule has 0 bridgehead atoms. The average molecular weight is 402 g/mol. The van der Waals surface area contributed by atoms with Crippen molar-refractivity contribution in [2.45, 2.75) is 97.3 Å². The van der Waals surface area contributed by atoms with Gasteiger partial charge in [0.05, 0.1) is 0 Å². The first-order valence-corrected chi connectivity index (χ1v) is 10.0. The molecule has 0 saturated carbocycles. The number of nitrogens with one attached hydrogen (secondary N) is 2. The van der Waals surface area contributed by atoms with Crippen molar-refractivity contribution in [3.05, 3.63) is 0 Å². The van der Waals surface area contributed by atoms with Crippen LogP contribution in [0.25, 0.3) is 0 Å². The lowest BCUT2D eigenvalue weighted by atomic mass is 10.1. The molecule has 1 atom stereocenters. The van der Waals surface area contributed by atoms with Gasteiger partial charge in [0.1, 0.15) is 17.2 Å². The summed E-state index contributed by atoms with van der Waals surface area (Å²) in [4.78, 5) is 35.0. The summed E-state index contributed by atoms with van der Waals surface area (Å²) in [5, 5.41) is 5.54. The van der Waals surface area contributed by atoms with Gasteiger partial charge in [-0.05, 0) is 60.8 Å². The third-order valence-electron chi connectivity index (χ3n) is 3.49. The Morgan fingerprint density at radius 1 is 0.821 bits per heavy atom. The summed E-state index contributed by atoms with van der Waals surface area (Å²) in [6.45, 7) is 12.0. The molecule has 0 unspecified atom stereocenters. The van der Waals surface area contributed by atoms with Crippen LogP contribution in [0, 0.1) is 0 Å². The number of nitrogens with two attached hydrogens (primary N) is 1. The number of rotatable bonds is 11. The molecule has 0 saturated heterocycles. The van der Waals surface area contributed by atoms with E-state index in [9.17, 15) is 14.4 Å². The molecule has 28 heavy (non-hydrogen) atoms. The lowest BCUT2D eigenvalue weighted by Gasteiger charge is -2.22. The van der Waals surface area contributed by atoms with Crippen LogP contribution < -0.4 is 16.4 Å². The Morgan fingerprint density at radius 2 is 1.32 bits per heavy atom. The van der Waals surface area contributed by atoms with Crippen LogP contribution in [0.2, 0.25) is 0 Å². The maximum atomic E-state index is 11.8. The van der Waals surface area contributed by atoms with Crippen molar-refractivity contribution in [2.24, 2.45) is 5.73 Å². The zero-order chi connectivity index (χ0) is 21.8. The summed E-state index contributed by atoms with van der Waals surface area (Å²) in [5.74, 6) is -0.606. The highest BCUT2D eigenvalue weighted by Gasteiger charge is 2.22. The molecular formula is C20H39N3O5. The quantitative estimate of drug-likeness (QED) is 0.362. The fraction of sp³-hybridized carbons (Fsp3) is 0.850. The van der Waals surface area contributed by atoms with Crippen LogP contribution >= 0.6 is 0 Å². The molecule has 2 amide bonds.